The normalized spacial score (nSPS) is 14.6. The van der Waals surface area contributed by atoms with Crippen molar-refractivity contribution in [1.29, 1.82) is 0 Å². The second-order valence-electron chi connectivity index (χ2n) is 6.98. The number of hydrogen-bond acceptors (Lipinski definition) is 3. The van der Waals surface area contributed by atoms with Crippen LogP contribution in [0.2, 0.25) is 0 Å². The molecule has 0 saturated carbocycles. The molecule has 0 bridgehead atoms. The summed E-state index contributed by atoms with van der Waals surface area (Å²) in [5.41, 5.74) is 5.47. The average Bonchev–Trinajstić information content (AvgIpc) is 3.03. The van der Waals surface area contributed by atoms with Gasteiger partial charge < -0.3 is 5.32 Å². The number of amides is 1. The fraction of sp³-hybridized carbons (Fsp3) is 0.350. The highest BCUT2D eigenvalue weighted by atomic mass is 32.2. The van der Waals surface area contributed by atoms with Gasteiger partial charge in [0, 0.05) is 5.56 Å². The van der Waals surface area contributed by atoms with Crippen LogP contribution in [0.4, 0.5) is 5.69 Å². The zero-order valence-corrected chi connectivity index (χ0v) is 16.1. The maximum absolute atomic E-state index is 12.6. The number of carbonyl (C=O) groups excluding carboxylic acids is 1. The molecule has 1 atom stereocenters. The first kappa shape index (κ1) is 18.5. The van der Waals surface area contributed by atoms with Crippen LogP contribution in [0.25, 0.3) is 0 Å². The van der Waals surface area contributed by atoms with Crippen LogP contribution in [0.3, 0.4) is 0 Å². The van der Waals surface area contributed by atoms with Gasteiger partial charge in [0.25, 0.3) is 5.91 Å². The lowest BCUT2D eigenvalue weighted by atomic mass is 10.0. The van der Waals surface area contributed by atoms with Crippen molar-refractivity contribution in [1.82, 2.24) is 5.32 Å². The number of aryl methyl sites for hydroxylation is 3. The summed E-state index contributed by atoms with van der Waals surface area (Å²) >= 11 is 0. The third-order valence-electron chi connectivity index (χ3n) is 4.77. The van der Waals surface area contributed by atoms with Gasteiger partial charge in [-0.2, -0.15) is 0 Å². The van der Waals surface area contributed by atoms with Crippen LogP contribution in [0.5, 0.6) is 0 Å². The molecule has 0 radical (unpaired) electrons. The molecule has 0 aromatic heterocycles. The van der Waals surface area contributed by atoms with E-state index in [1.807, 2.05) is 6.92 Å². The smallest absolute Gasteiger partial charge is 0.251 e. The summed E-state index contributed by atoms with van der Waals surface area (Å²) in [5, 5.41) is 3.00. The number of sulfonamides is 1. The number of benzene rings is 2. The zero-order valence-electron chi connectivity index (χ0n) is 15.3. The lowest BCUT2D eigenvalue weighted by Crippen LogP contribution is -2.27. The highest BCUT2D eigenvalue weighted by Crippen LogP contribution is 2.26. The number of nitrogens with one attached hydrogen (secondary N) is 2. The first-order chi connectivity index (χ1) is 12.2. The predicted octanol–water partition coefficient (Wildman–Crippen LogP) is 3.35. The van der Waals surface area contributed by atoms with Crippen LogP contribution in [-0.4, -0.2) is 20.6 Å². The van der Waals surface area contributed by atoms with Gasteiger partial charge in [0.1, 0.15) is 0 Å². The number of anilines is 1. The monoisotopic (exact) mass is 372 g/mol. The van der Waals surface area contributed by atoms with Crippen LogP contribution in [0.1, 0.15) is 52.0 Å². The molecule has 0 saturated heterocycles. The Kier molecular flexibility index (Phi) is 5.05. The van der Waals surface area contributed by atoms with E-state index < -0.39 is 10.0 Å². The van der Waals surface area contributed by atoms with Crippen LogP contribution in [-0.2, 0) is 22.9 Å². The van der Waals surface area contributed by atoms with Gasteiger partial charge >= 0.3 is 0 Å². The van der Waals surface area contributed by atoms with Gasteiger partial charge in [-0.15, -0.1) is 0 Å². The van der Waals surface area contributed by atoms with E-state index in [1.54, 1.807) is 25.1 Å². The molecule has 26 heavy (non-hydrogen) atoms. The summed E-state index contributed by atoms with van der Waals surface area (Å²) in [7, 11) is -3.40. The summed E-state index contributed by atoms with van der Waals surface area (Å²) in [6.45, 7) is 3.75. The van der Waals surface area contributed by atoms with E-state index in [1.165, 1.54) is 17.5 Å². The largest absolute Gasteiger partial charge is 0.346 e. The summed E-state index contributed by atoms with van der Waals surface area (Å²) < 4.78 is 25.4. The third kappa shape index (κ3) is 4.25. The van der Waals surface area contributed by atoms with Gasteiger partial charge in [0.2, 0.25) is 10.0 Å². The van der Waals surface area contributed by atoms with Gasteiger partial charge in [0.05, 0.1) is 18.0 Å². The summed E-state index contributed by atoms with van der Waals surface area (Å²) in [6.07, 6.45) is 4.52. The summed E-state index contributed by atoms with van der Waals surface area (Å²) in [5.74, 6) is -0.227. The molecule has 5 nitrogen and oxygen atoms in total. The molecular formula is C20H24N2O3S. The SMILES string of the molecule is Cc1ccc(C(=O)NC(C)c2ccc3c(c2)CCC3)cc1NS(C)(=O)=O. The molecule has 0 aliphatic heterocycles. The third-order valence-corrected chi connectivity index (χ3v) is 5.36. The van der Waals surface area contributed by atoms with Crippen LogP contribution in [0, 0.1) is 6.92 Å². The van der Waals surface area contributed by atoms with Crippen molar-refractivity contribution >= 4 is 21.6 Å². The Morgan fingerprint density at radius 1 is 1.08 bits per heavy atom. The molecule has 0 spiro atoms. The fourth-order valence-electron chi connectivity index (χ4n) is 3.30. The van der Waals surface area contributed by atoms with Crippen molar-refractivity contribution < 1.29 is 13.2 Å². The van der Waals surface area contributed by atoms with Crippen molar-refractivity contribution in [2.45, 2.75) is 39.2 Å². The maximum atomic E-state index is 12.6. The Balaban J connectivity index is 1.76. The number of carbonyl (C=O) groups is 1. The molecule has 0 fully saturated rings. The van der Waals surface area contributed by atoms with E-state index in [4.69, 9.17) is 0 Å². The van der Waals surface area contributed by atoms with Crippen molar-refractivity contribution in [2.24, 2.45) is 0 Å². The molecular weight excluding hydrogens is 348 g/mol. The van der Waals surface area contributed by atoms with E-state index in [-0.39, 0.29) is 11.9 Å². The molecule has 2 aromatic carbocycles. The highest BCUT2D eigenvalue weighted by Gasteiger charge is 2.16. The maximum Gasteiger partial charge on any atom is 0.251 e. The van der Waals surface area contributed by atoms with Gasteiger partial charge in [-0.05, 0) is 67.5 Å². The quantitative estimate of drug-likeness (QED) is 0.845. The Morgan fingerprint density at radius 2 is 1.81 bits per heavy atom. The molecule has 2 aromatic rings. The van der Waals surface area contributed by atoms with Gasteiger partial charge in [-0.1, -0.05) is 24.3 Å². The number of hydrogen-bond donors (Lipinski definition) is 2. The lowest BCUT2D eigenvalue weighted by molar-refractivity contribution is 0.0940. The topological polar surface area (TPSA) is 75.3 Å². The molecule has 6 heteroatoms. The predicted molar refractivity (Wildman–Crippen MR) is 104 cm³/mol. The van der Waals surface area contributed by atoms with Crippen molar-refractivity contribution in [2.75, 3.05) is 11.0 Å². The second-order valence-corrected chi connectivity index (χ2v) is 8.73. The minimum absolute atomic E-state index is 0.124. The Bertz CT molecular complexity index is 952. The molecule has 0 heterocycles. The van der Waals surface area contributed by atoms with E-state index in [0.717, 1.165) is 30.2 Å². The first-order valence-electron chi connectivity index (χ1n) is 8.74. The Morgan fingerprint density at radius 3 is 2.54 bits per heavy atom. The van der Waals surface area contributed by atoms with Gasteiger partial charge in [0.15, 0.2) is 0 Å². The van der Waals surface area contributed by atoms with Crippen molar-refractivity contribution in [3.05, 3.63) is 64.2 Å². The minimum atomic E-state index is -3.40. The highest BCUT2D eigenvalue weighted by molar-refractivity contribution is 7.92. The molecule has 1 amide bonds. The van der Waals surface area contributed by atoms with E-state index in [9.17, 15) is 13.2 Å². The van der Waals surface area contributed by atoms with Gasteiger partial charge in [-0.25, -0.2) is 8.42 Å². The van der Waals surface area contributed by atoms with Gasteiger partial charge in [-0.3, -0.25) is 9.52 Å². The molecule has 1 aliphatic rings. The van der Waals surface area contributed by atoms with Crippen molar-refractivity contribution in [3.8, 4) is 0 Å². The van der Waals surface area contributed by atoms with Crippen LogP contribution in [0.15, 0.2) is 36.4 Å². The number of rotatable bonds is 5. The zero-order chi connectivity index (χ0) is 18.9. The first-order valence-corrected chi connectivity index (χ1v) is 10.6. The Labute approximate surface area is 154 Å². The van der Waals surface area contributed by atoms with E-state index in [0.29, 0.717) is 11.3 Å². The fourth-order valence-corrected chi connectivity index (χ4v) is 3.92. The minimum Gasteiger partial charge on any atom is -0.346 e. The van der Waals surface area contributed by atoms with E-state index in [2.05, 4.69) is 28.2 Å². The standard InChI is InChI=1S/C20H24N2O3S/c1-13-7-8-18(12-19(13)22-26(3,24)25)20(23)21-14(2)16-10-9-15-5-4-6-17(15)11-16/h7-12,14,22H,4-6H2,1-3H3,(H,21,23). The second kappa shape index (κ2) is 7.11. The molecule has 1 unspecified atom stereocenters. The molecule has 1 aliphatic carbocycles. The van der Waals surface area contributed by atoms with Crippen molar-refractivity contribution in [3.63, 3.8) is 0 Å². The lowest BCUT2D eigenvalue weighted by Gasteiger charge is -2.16. The molecule has 3 rings (SSSR count). The summed E-state index contributed by atoms with van der Waals surface area (Å²) in [4.78, 5) is 12.6. The van der Waals surface area contributed by atoms with E-state index >= 15 is 0 Å². The average molecular weight is 372 g/mol. The van der Waals surface area contributed by atoms with Crippen LogP contribution >= 0.6 is 0 Å². The summed E-state index contributed by atoms with van der Waals surface area (Å²) in [6, 6.07) is 11.3. The number of fused-ring (bicyclic) bond motifs is 1. The molecule has 138 valence electrons. The Hall–Kier alpha value is -2.34. The van der Waals surface area contributed by atoms with Crippen LogP contribution < -0.4 is 10.0 Å². The molecule has 2 N–H and O–H groups in total.